The fourth-order valence-corrected chi connectivity index (χ4v) is 4.66. The largest absolute Gasteiger partial charge is 0.493 e. The number of rotatable bonds is 8. The average molecular weight is 483 g/mol. The number of hydrogen-bond donors (Lipinski definition) is 1. The molecule has 1 N–H and O–H groups in total. The molecule has 8 nitrogen and oxygen atoms in total. The van der Waals surface area contributed by atoms with Gasteiger partial charge in [0.15, 0.2) is 22.8 Å². The van der Waals surface area contributed by atoms with Crippen LogP contribution in [0, 0.1) is 0 Å². The van der Waals surface area contributed by atoms with Crippen LogP contribution >= 0.6 is 11.8 Å². The van der Waals surface area contributed by atoms with Gasteiger partial charge in [-0.1, -0.05) is 30.3 Å². The predicted octanol–water partition coefficient (Wildman–Crippen LogP) is 4.33. The molecular weight excluding hydrogens is 456 g/mol. The van der Waals surface area contributed by atoms with Crippen LogP contribution < -0.4 is 9.47 Å². The fraction of sp³-hybridized carbons (Fsp3) is 0.320. The Hall–Kier alpha value is -3.30. The number of carboxylic acids is 1. The summed E-state index contributed by atoms with van der Waals surface area (Å²) in [6.07, 6.45) is 2.44. The number of amidine groups is 1. The van der Waals surface area contributed by atoms with Crippen LogP contribution in [0.1, 0.15) is 25.3 Å². The molecule has 2 aliphatic heterocycles. The van der Waals surface area contributed by atoms with Crippen molar-refractivity contribution in [3.63, 3.8) is 0 Å². The molecule has 2 heterocycles. The highest BCUT2D eigenvalue weighted by atomic mass is 32.2. The standard InChI is InChI=1S/C25H26N2O6S/c1-16(24(29)30)33-22-17(8-6-12-20(22)31-2)14-21-23(28)27(15-19-11-7-13-32-19)25(34-21)26-18-9-4-3-5-10-18/h3-6,8-10,12,14,16,19H,7,11,13,15H2,1-2H3,(H,29,30)/b21-14-,26-25?/t16-,19-/m1/s1. The van der Waals surface area contributed by atoms with Crippen molar-refractivity contribution >= 4 is 40.6 Å². The van der Waals surface area contributed by atoms with E-state index < -0.39 is 12.1 Å². The van der Waals surface area contributed by atoms with Gasteiger partial charge in [-0.2, -0.15) is 0 Å². The first-order chi connectivity index (χ1) is 16.5. The normalized spacial score (nSPS) is 21.3. The minimum atomic E-state index is -1.10. The van der Waals surface area contributed by atoms with Gasteiger partial charge in [-0.15, -0.1) is 0 Å². The van der Waals surface area contributed by atoms with Crippen molar-refractivity contribution in [1.29, 1.82) is 0 Å². The van der Waals surface area contributed by atoms with E-state index in [9.17, 15) is 14.7 Å². The van der Waals surface area contributed by atoms with Crippen LogP contribution in [0.4, 0.5) is 5.69 Å². The summed E-state index contributed by atoms with van der Waals surface area (Å²) in [4.78, 5) is 31.6. The molecule has 9 heteroatoms. The van der Waals surface area contributed by atoms with Crippen LogP contribution in [-0.4, -0.2) is 59.5 Å². The Labute approximate surface area is 202 Å². The summed E-state index contributed by atoms with van der Waals surface area (Å²) in [5.41, 5.74) is 1.29. The van der Waals surface area contributed by atoms with Gasteiger partial charge in [0.1, 0.15) is 0 Å². The Morgan fingerprint density at radius 1 is 1.29 bits per heavy atom. The number of carbonyl (C=O) groups excluding carboxylic acids is 1. The van der Waals surface area contributed by atoms with E-state index in [0.29, 0.717) is 34.5 Å². The maximum absolute atomic E-state index is 13.4. The molecule has 0 aliphatic carbocycles. The fourth-order valence-electron chi connectivity index (χ4n) is 3.66. The Morgan fingerprint density at radius 2 is 2.09 bits per heavy atom. The molecule has 0 bridgehead atoms. The average Bonchev–Trinajstić information content (AvgIpc) is 3.45. The quantitative estimate of drug-likeness (QED) is 0.559. The minimum Gasteiger partial charge on any atom is -0.493 e. The van der Waals surface area contributed by atoms with Gasteiger partial charge < -0.3 is 19.3 Å². The van der Waals surface area contributed by atoms with Gasteiger partial charge in [-0.25, -0.2) is 9.79 Å². The molecule has 0 unspecified atom stereocenters. The summed E-state index contributed by atoms with van der Waals surface area (Å²) in [5.74, 6) is -0.640. The van der Waals surface area contributed by atoms with Gasteiger partial charge in [-0.05, 0) is 55.8 Å². The summed E-state index contributed by atoms with van der Waals surface area (Å²) in [5, 5.41) is 9.87. The van der Waals surface area contributed by atoms with Gasteiger partial charge >= 0.3 is 5.97 Å². The zero-order valence-corrected chi connectivity index (χ0v) is 19.8. The van der Waals surface area contributed by atoms with Crippen molar-refractivity contribution in [2.75, 3.05) is 20.3 Å². The molecule has 0 aromatic heterocycles. The van der Waals surface area contributed by atoms with E-state index in [0.717, 1.165) is 18.5 Å². The summed E-state index contributed by atoms with van der Waals surface area (Å²) < 4.78 is 16.8. The third kappa shape index (κ3) is 5.43. The van der Waals surface area contributed by atoms with E-state index in [1.165, 1.54) is 25.8 Å². The van der Waals surface area contributed by atoms with Gasteiger partial charge in [0.2, 0.25) is 0 Å². The van der Waals surface area contributed by atoms with Gasteiger partial charge in [0.05, 0.1) is 30.4 Å². The lowest BCUT2D eigenvalue weighted by Gasteiger charge is -2.19. The van der Waals surface area contributed by atoms with Crippen molar-refractivity contribution in [2.24, 2.45) is 4.99 Å². The summed E-state index contributed by atoms with van der Waals surface area (Å²) in [7, 11) is 1.48. The molecule has 2 fully saturated rings. The van der Waals surface area contributed by atoms with E-state index >= 15 is 0 Å². The molecule has 2 saturated heterocycles. The molecule has 178 valence electrons. The molecule has 2 aliphatic rings. The van der Waals surface area contributed by atoms with E-state index in [1.807, 2.05) is 30.3 Å². The zero-order chi connectivity index (χ0) is 24.1. The number of ether oxygens (including phenoxy) is 3. The monoisotopic (exact) mass is 482 g/mol. The van der Waals surface area contributed by atoms with E-state index in [1.54, 1.807) is 29.2 Å². The van der Waals surface area contributed by atoms with Crippen molar-refractivity contribution < 1.29 is 28.9 Å². The van der Waals surface area contributed by atoms with Crippen LogP contribution in [0.25, 0.3) is 6.08 Å². The Kier molecular flexibility index (Phi) is 7.54. The molecular formula is C25H26N2O6S. The van der Waals surface area contributed by atoms with E-state index in [4.69, 9.17) is 19.2 Å². The third-order valence-electron chi connectivity index (χ3n) is 5.44. The van der Waals surface area contributed by atoms with Crippen LogP contribution in [0.5, 0.6) is 11.5 Å². The highest BCUT2D eigenvalue weighted by Crippen LogP contribution is 2.39. The van der Waals surface area contributed by atoms with Crippen molar-refractivity contribution in [3.8, 4) is 11.5 Å². The van der Waals surface area contributed by atoms with Gasteiger partial charge in [0, 0.05) is 12.2 Å². The molecule has 0 spiro atoms. The highest BCUT2D eigenvalue weighted by molar-refractivity contribution is 8.18. The maximum atomic E-state index is 13.4. The topological polar surface area (TPSA) is 97.7 Å². The number of aliphatic carboxylic acids is 1. The summed E-state index contributed by atoms with van der Waals surface area (Å²) in [6, 6.07) is 14.7. The number of nitrogens with zero attached hydrogens (tertiary/aromatic N) is 2. The Morgan fingerprint density at radius 3 is 2.76 bits per heavy atom. The number of benzene rings is 2. The molecule has 4 rings (SSSR count). The SMILES string of the molecule is COc1cccc(/C=C2\SC(=Nc3ccccc3)N(C[C@H]3CCCO3)C2=O)c1O[C@H](C)C(=O)O. The molecule has 0 radical (unpaired) electrons. The van der Waals surface area contributed by atoms with Gasteiger partial charge in [-0.3, -0.25) is 9.69 Å². The maximum Gasteiger partial charge on any atom is 0.344 e. The lowest BCUT2D eigenvalue weighted by molar-refractivity contribution is -0.144. The van der Waals surface area contributed by atoms with E-state index in [2.05, 4.69) is 0 Å². The predicted molar refractivity (Wildman–Crippen MR) is 131 cm³/mol. The highest BCUT2D eigenvalue weighted by Gasteiger charge is 2.36. The second-order valence-electron chi connectivity index (χ2n) is 7.87. The van der Waals surface area contributed by atoms with Crippen molar-refractivity contribution in [3.05, 3.63) is 59.0 Å². The number of thioether (sulfide) groups is 1. The lowest BCUT2D eigenvalue weighted by Crippen LogP contribution is -2.36. The minimum absolute atomic E-state index is 0.0306. The Balaban J connectivity index is 1.70. The number of hydrogen-bond acceptors (Lipinski definition) is 7. The molecule has 34 heavy (non-hydrogen) atoms. The van der Waals surface area contributed by atoms with Crippen molar-refractivity contribution in [2.45, 2.75) is 32.0 Å². The second kappa shape index (κ2) is 10.8. The van der Waals surface area contributed by atoms with Crippen LogP contribution in [0.15, 0.2) is 58.4 Å². The number of amides is 1. The Bertz CT molecular complexity index is 1110. The van der Waals surface area contributed by atoms with E-state index in [-0.39, 0.29) is 17.8 Å². The summed E-state index contributed by atoms with van der Waals surface area (Å²) >= 11 is 1.27. The first kappa shape index (κ1) is 23.8. The third-order valence-corrected chi connectivity index (χ3v) is 6.44. The zero-order valence-electron chi connectivity index (χ0n) is 19.0. The smallest absolute Gasteiger partial charge is 0.344 e. The molecule has 0 saturated carbocycles. The van der Waals surface area contributed by atoms with Crippen LogP contribution in [-0.2, 0) is 14.3 Å². The summed E-state index contributed by atoms with van der Waals surface area (Å²) in [6.45, 7) is 2.56. The first-order valence-electron chi connectivity index (χ1n) is 11.0. The van der Waals surface area contributed by atoms with Crippen LogP contribution in [0.2, 0.25) is 0 Å². The lowest BCUT2D eigenvalue weighted by atomic mass is 10.1. The molecule has 1 amide bonds. The number of carboxylic acid groups (broad SMARTS) is 1. The molecule has 2 atom stereocenters. The number of para-hydroxylation sites is 2. The van der Waals surface area contributed by atoms with Crippen molar-refractivity contribution in [1.82, 2.24) is 4.90 Å². The van der Waals surface area contributed by atoms with Crippen LogP contribution in [0.3, 0.4) is 0 Å². The molecule has 2 aromatic carbocycles. The molecule has 2 aromatic rings. The first-order valence-corrected chi connectivity index (χ1v) is 11.8. The second-order valence-corrected chi connectivity index (χ2v) is 8.88. The van der Waals surface area contributed by atoms with Gasteiger partial charge in [0.25, 0.3) is 5.91 Å². The number of aliphatic imine (C=N–C) groups is 1. The number of carbonyl (C=O) groups is 2. The number of methoxy groups -OCH3 is 1.